The lowest BCUT2D eigenvalue weighted by atomic mass is 9.99. The second kappa shape index (κ2) is 5.60. The fraction of sp³-hybridized carbons (Fsp3) is 0.562. The van der Waals surface area contributed by atoms with Crippen molar-refractivity contribution in [1.29, 1.82) is 0 Å². The number of hydrogen-bond donors (Lipinski definition) is 1. The molecule has 3 heterocycles. The zero-order valence-corrected chi connectivity index (χ0v) is 15.0. The second-order valence-electron chi connectivity index (χ2n) is 7.17. The molecule has 0 spiro atoms. The molecule has 7 nitrogen and oxygen atoms in total. The van der Waals surface area contributed by atoms with E-state index in [1.807, 2.05) is 27.8 Å². The van der Waals surface area contributed by atoms with E-state index in [1.165, 1.54) is 11.2 Å². The lowest BCUT2D eigenvalue weighted by molar-refractivity contribution is 0.0118. The van der Waals surface area contributed by atoms with Crippen LogP contribution in [-0.4, -0.2) is 49.3 Å². The molecule has 24 heavy (non-hydrogen) atoms. The summed E-state index contributed by atoms with van der Waals surface area (Å²) in [5.74, 6) is 0. The summed E-state index contributed by atoms with van der Waals surface area (Å²) < 4.78 is 7.18. The van der Waals surface area contributed by atoms with Crippen LogP contribution in [0.4, 0.5) is 4.79 Å². The predicted octanol–water partition coefficient (Wildman–Crippen LogP) is 2.45. The molecule has 1 N–H and O–H groups in total. The van der Waals surface area contributed by atoms with Gasteiger partial charge in [0.15, 0.2) is 0 Å². The number of aliphatic hydroxyl groups is 1. The molecular formula is C16H21ClN4O3. The molecule has 0 radical (unpaired) electrons. The molecule has 2 aromatic heterocycles. The van der Waals surface area contributed by atoms with Crippen LogP contribution in [0.1, 0.15) is 32.9 Å². The van der Waals surface area contributed by atoms with Crippen LogP contribution < -0.4 is 0 Å². The van der Waals surface area contributed by atoms with Gasteiger partial charge in [-0.15, -0.1) is 0 Å². The lowest BCUT2D eigenvalue weighted by Crippen LogP contribution is -2.38. The zero-order valence-electron chi connectivity index (χ0n) is 14.2. The number of carbonyl (C=O) groups is 1. The maximum atomic E-state index is 12.2. The number of rotatable bonds is 1. The minimum atomic E-state index is -1.17. The number of carbonyl (C=O) groups excluding carboxylic acids is 1. The van der Waals surface area contributed by atoms with Crippen molar-refractivity contribution >= 4 is 28.7 Å². The molecule has 0 saturated carbocycles. The molecule has 0 aliphatic carbocycles. The second-order valence-corrected chi connectivity index (χ2v) is 7.53. The molecule has 2 aromatic rings. The molecular weight excluding hydrogens is 332 g/mol. The van der Waals surface area contributed by atoms with Crippen molar-refractivity contribution in [3.8, 4) is 0 Å². The van der Waals surface area contributed by atoms with Crippen LogP contribution in [0.5, 0.6) is 0 Å². The van der Waals surface area contributed by atoms with Crippen molar-refractivity contribution in [2.75, 3.05) is 13.1 Å². The molecule has 0 bridgehead atoms. The van der Waals surface area contributed by atoms with Crippen LogP contribution in [0.15, 0.2) is 12.4 Å². The first-order valence-corrected chi connectivity index (χ1v) is 8.15. The quantitative estimate of drug-likeness (QED) is 0.797. The number of hydrogen-bond acceptors (Lipinski definition) is 5. The van der Waals surface area contributed by atoms with Crippen LogP contribution in [-0.2, 0) is 17.4 Å². The Morgan fingerprint density at radius 3 is 2.75 bits per heavy atom. The molecule has 8 heteroatoms. The number of fused-ring (bicyclic) bond motifs is 1. The topological polar surface area (TPSA) is 80.5 Å². The van der Waals surface area contributed by atoms with E-state index >= 15 is 0 Å². The van der Waals surface area contributed by atoms with E-state index in [0.717, 1.165) is 0 Å². The van der Waals surface area contributed by atoms with Gasteiger partial charge in [-0.05, 0) is 26.8 Å². The van der Waals surface area contributed by atoms with Gasteiger partial charge >= 0.3 is 6.09 Å². The first-order valence-electron chi connectivity index (χ1n) is 7.77. The average Bonchev–Trinajstić information content (AvgIpc) is 3.01. The van der Waals surface area contributed by atoms with Gasteiger partial charge in [-0.2, -0.15) is 0 Å². The van der Waals surface area contributed by atoms with Gasteiger partial charge in [0.05, 0.1) is 17.6 Å². The molecule has 1 aliphatic heterocycles. The Balaban J connectivity index is 1.89. The maximum absolute atomic E-state index is 12.2. The van der Waals surface area contributed by atoms with E-state index in [-0.39, 0.29) is 6.54 Å². The summed E-state index contributed by atoms with van der Waals surface area (Å²) in [6, 6.07) is 1.79. The van der Waals surface area contributed by atoms with E-state index in [4.69, 9.17) is 16.3 Å². The monoisotopic (exact) mass is 352 g/mol. The summed E-state index contributed by atoms with van der Waals surface area (Å²) in [4.78, 5) is 21.9. The summed E-state index contributed by atoms with van der Waals surface area (Å²) in [5.41, 5.74) is -0.434. The third-order valence-corrected chi connectivity index (χ3v) is 4.45. The molecule has 0 aromatic carbocycles. The predicted molar refractivity (Wildman–Crippen MR) is 89.8 cm³/mol. The summed E-state index contributed by atoms with van der Waals surface area (Å²) in [6.45, 7) is 6.04. The van der Waals surface area contributed by atoms with E-state index in [2.05, 4.69) is 9.97 Å². The van der Waals surface area contributed by atoms with Gasteiger partial charge in [0.2, 0.25) is 0 Å². The Labute approximate surface area is 145 Å². The number of nitrogens with zero attached hydrogens (tertiary/aromatic N) is 4. The number of ether oxygens (including phenoxy) is 1. The zero-order chi connectivity index (χ0) is 17.7. The van der Waals surface area contributed by atoms with Gasteiger partial charge in [0, 0.05) is 20.0 Å². The first kappa shape index (κ1) is 17.0. The lowest BCUT2D eigenvalue weighted by Gasteiger charge is -2.26. The summed E-state index contributed by atoms with van der Waals surface area (Å²) in [7, 11) is 1.81. The summed E-state index contributed by atoms with van der Waals surface area (Å²) >= 11 is 6.12. The molecule has 1 saturated heterocycles. The first-order chi connectivity index (χ1) is 11.1. The van der Waals surface area contributed by atoms with E-state index in [0.29, 0.717) is 34.8 Å². The Kier molecular flexibility index (Phi) is 3.96. The van der Waals surface area contributed by atoms with Crippen LogP contribution in [0.3, 0.4) is 0 Å². The van der Waals surface area contributed by atoms with Gasteiger partial charge in [-0.3, -0.25) is 0 Å². The highest BCUT2D eigenvalue weighted by molar-refractivity contribution is 6.33. The van der Waals surface area contributed by atoms with Crippen LogP contribution >= 0.6 is 11.6 Å². The van der Waals surface area contributed by atoms with Crippen LogP contribution in [0, 0.1) is 0 Å². The number of likely N-dealkylation sites (tertiary alicyclic amines) is 1. The summed E-state index contributed by atoms with van der Waals surface area (Å²) in [6.07, 6.45) is 1.39. The number of halogens is 1. The molecule has 1 aliphatic rings. The van der Waals surface area contributed by atoms with Crippen molar-refractivity contribution < 1.29 is 14.6 Å². The Hall–Kier alpha value is -1.86. The van der Waals surface area contributed by atoms with Crippen molar-refractivity contribution in [3.63, 3.8) is 0 Å². The molecule has 1 atom stereocenters. The third kappa shape index (κ3) is 2.93. The van der Waals surface area contributed by atoms with Crippen LogP contribution in [0.25, 0.3) is 11.0 Å². The Morgan fingerprint density at radius 2 is 2.12 bits per heavy atom. The minimum Gasteiger partial charge on any atom is -0.444 e. The number of amides is 1. The van der Waals surface area contributed by atoms with Gasteiger partial charge in [0.1, 0.15) is 28.3 Å². The third-order valence-electron chi connectivity index (χ3n) is 4.15. The average molecular weight is 353 g/mol. The molecule has 1 unspecified atom stereocenters. The number of aromatic nitrogens is 3. The normalized spacial score (nSPS) is 21.5. The van der Waals surface area contributed by atoms with E-state index in [9.17, 15) is 9.90 Å². The van der Waals surface area contributed by atoms with Crippen molar-refractivity contribution in [2.45, 2.75) is 38.4 Å². The molecule has 3 rings (SSSR count). The molecule has 130 valence electrons. The minimum absolute atomic E-state index is 0.164. The SMILES string of the molecule is Cn1c(C2(O)CCN(C(=O)OC(C)(C)C)C2)cc2c(Cl)ncnc21. The van der Waals surface area contributed by atoms with Crippen LogP contribution in [0.2, 0.25) is 5.15 Å². The van der Waals surface area contributed by atoms with Crippen molar-refractivity contribution in [3.05, 3.63) is 23.2 Å². The van der Waals surface area contributed by atoms with Gasteiger partial charge in [0.25, 0.3) is 0 Å². The van der Waals surface area contributed by atoms with Gasteiger partial charge in [-0.25, -0.2) is 14.8 Å². The largest absolute Gasteiger partial charge is 0.444 e. The highest BCUT2D eigenvalue weighted by atomic mass is 35.5. The summed E-state index contributed by atoms with van der Waals surface area (Å²) in [5, 5.41) is 12.1. The highest BCUT2D eigenvalue weighted by Gasteiger charge is 2.43. The van der Waals surface area contributed by atoms with Crippen molar-refractivity contribution in [1.82, 2.24) is 19.4 Å². The molecule has 1 fully saturated rings. The Morgan fingerprint density at radius 1 is 1.42 bits per heavy atom. The maximum Gasteiger partial charge on any atom is 0.410 e. The number of β-amino-alcohol motifs (C(OH)–C–C–N with tert-alkyl or cyclic N) is 1. The van der Waals surface area contributed by atoms with Gasteiger partial charge < -0.3 is 19.3 Å². The number of aryl methyl sites for hydroxylation is 1. The van der Waals surface area contributed by atoms with E-state index in [1.54, 1.807) is 10.6 Å². The standard InChI is InChI=1S/C16H21ClN4O3/c1-15(2,3)24-14(22)21-6-5-16(23,8-21)11-7-10-12(17)18-9-19-13(10)20(11)4/h7,9,23H,5-6,8H2,1-4H3. The highest BCUT2D eigenvalue weighted by Crippen LogP contribution is 2.36. The van der Waals surface area contributed by atoms with Crippen molar-refractivity contribution in [2.24, 2.45) is 7.05 Å². The fourth-order valence-corrected chi connectivity index (χ4v) is 3.22. The van der Waals surface area contributed by atoms with E-state index < -0.39 is 17.3 Å². The Bertz CT molecular complexity index is 798. The fourth-order valence-electron chi connectivity index (χ4n) is 3.04. The van der Waals surface area contributed by atoms with Gasteiger partial charge in [-0.1, -0.05) is 11.6 Å². The molecule has 1 amide bonds. The smallest absolute Gasteiger partial charge is 0.410 e.